The predicted molar refractivity (Wildman–Crippen MR) is 109 cm³/mol. The summed E-state index contributed by atoms with van der Waals surface area (Å²) in [5.74, 6) is 0.930. The molecule has 0 aliphatic carbocycles. The minimum absolute atomic E-state index is 0.0151. The van der Waals surface area contributed by atoms with Gasteiger partial charge in [-0.25, -0.2) is 9.97 Å². The minimum atomic E-state index is 0.0151. The normalized spacial score (nSPS) is 17.6. The minimum Gasteiger partial charge on any atom is -0.382 e. The van der Waals surface area contributed by atoms with Gasteiger partial charge in [0.05, 0.1) is 0 Å². The zero-order valence-electron chi connectivity index (χ0n) is 16.0. The van der Waals surface area contributed by atoms with Crippen LogP contribution in [0.1, 0.15) is 31.5 Å². The number of aryl methyl sites for hydroxylation is 1. The van der Waals surface area contributed by atoms with Crippen LogP contribution in [0.15, 0.2) is 30.6 Å². The first-order chi connectivity index (χ1) is 12.9. The molecule has 0 saturated carbocycles. The van der Waals surface area contributed by atoms with Crippen LogP contribution in [0.3, 0.4) is 0 Å². The Balaban J connectivity index is 1.60. The zero-order valence-corrected chi connectivity index (χ0v) is 16.8. The highest BCUT2D eigenvalue weighted by Gasteiger charge is 2.24. The highest BCUT2D eigenvalue weighted by Crippen LogP contribution is 2.22. The molecule has 0 spiro atoms. The Morgan fingerprint density at radius 1 is 1.37 bits per heavy atom. The molecule has 2 aromatic rings. The van der Waals surface area contributed by atoms with Gasteiger partial charge in [0.25, 0.3) is 0 Å². The van der Waals surface area contributed by atoms with Crippen molar-refractivity contribution in [2.24, 2.45) is 0 Å². The van der Waals surface area contributed by atoms with Gasteiger partial charge in [0.15, 0.2) is 0 Å². The quantitative estimate of drug-likeness (QED) is 0.796. The molecule has 1 aliphatic rings. The number of carbonyl (C=O) groups is 1. The molecule has 1 aromatic carbocycles. The van der Waals surface area contributed by atoms with E-state index in [4.69, 9.17) is 11.6 Å². The van der Waals surface area contributed by atoms with Crippen molar-refractivity contribution in [3.05, 3.63) is 46.9 Å². The van der Waals surface area contributed by atoms with Crippen molar-refractivity contribution in [1.29, 1.82) is 0 Å². The van der Waals surface area contributed by atoms with Gasteiger partial charge in [0.2, 0.25) is 5.91 Å². The monoisotopic (exact) mass is 387 g/mol. The van der Waals surface area contributed by atoms with E-state index in [-0.39, 0.29) is 18.0 Å². The van der Waals surface area contributed by atoms with E-state index >= 15 is 0 Å². The van der Waals surface area contributed by atoms with E-state index in [2.05, 4.69) is 32.4 Å². The van der Waals surface area contributed by atoms with Crippen LogP contribution >= 0.6 is 11.6 Å². The molecule has 144 valence electrons. The van der Waals surface area contributed by atoms with Gasteiger partial charge in [-0.05, 0) is 38.0 Å². The molecule has 0 radical (unpaired) electrons. The van der Waals surface area contributed by atoms with Crippen LogP contribution in [0.2, 0.25) is 5.02 Å². The largest absolute Gasteiger partial charge is 0.382 e. The molecule has 2 atom stereocenters. The maximum Gasteiger partial charge on any atom is 0.217 e. The predicted octanol–water partition coefficient (Wildman–Crippen LogP) is 3.20. The van der Waals surface area contributed by atoms with Crippen molar-refractivity contribution >= 4 is 29.0 Å². The molecule has 7 heteroatoms. The average Bonchev–Trinajstić information content (AvgIpc) is 3.06. The molecule has 6 nitrogen and oxygen atoms in total. The summed E-state index contributed by atoms with van der Waals surface area (Å²) < 4.78 is 0. The first kappa shape index (κ1) is 19.4. The molecule has 1 fully saturated rings. The second kappa shape index (κ2) is 8.57. The number of anilines is 2. The van der Waals surface area contributed by atoms with Gasteiger partial charge in [-0.15, -0.1) is 0 Å². The number of carbonyl (C=O) groups excluding carboxylic acids is 1. The molecule has 1 amide bonds. The molecule has 1 aliphatic heterocycles. The second-order valence-corrected chi connectivity index (χ2v) is 7.62. The molecule has 27 heavy (non-hydrogen) atoms. The number of halogens is 1. The Kier molecular flexibility index (Phi) is 6.16. The van der Waals surface area contributed by atoms with E-state index in [1.54, 1.807) is 13.3 Å². The van der Waals surface area contributed by atoms with Gasteiger partial charge in [0.1, 0.15) is 12.1 Å². The van der Waals surface area contributed by atoms with E-state index in [0.717, 1.165) is 53.7 Å². The third kappa shape index (κ3) is 5.32. The van der Waals surface area contributed by atoms with Gasteiger partial charge in [-0.1, -0.05) is 17.7 Å². The Morgan fingerprint density at radius 3 is 2.93 bits per heavy atom. The van der Waals surface area contributed by atoms with Crippen LogP contribution in [0, 0.1) is 6.92 Å². The Labute approximate surface area is 165 Å². The fourth-order valence-electron chi connectivity index (χ4n) is 3.38. The van der Waals surface area contributed by atoms with Gasteiger partial charge in [0, 0.05) is 61.0 Å². The molecule has 1 aromatic heterocycles. The van der Waals surface area contributed by atoms with Crippen molar-refractivity contribution in [2.75, 3.05) is 23.3 Å². The van der Waals surface area contributed by atoms with E-state index in [0.29, 0.717) is 0 Å². The average molecular weight is 388 g/mol. The molecule has 2 N–H and O–H groups in total. The third-order valence-electron chi connectivity index (χ3n) is 4.73. The number of hydrogen-bond acceptors (Lipinski definition) is 5. The lowest BCUT2D eigenvalue weighted by atomic mass is 10.1. The molecule has 2 heterocycles. The van der Waals surface area contributed by atoms with Crippen molar-refractivity contribution in [3.8, 4) is 0 Å². The second-order valence-electron chi connectivity index (χ2n) is 7.21. The molecular weight excluding hydrogens is 362 g/mol. The fraction of sp³-hybridized carbons (Fsp3) is 0.450. The summed E-state index contributed by atoms with van der Waals surface area (Å²) in [5, 5.41) is 7.21. The van der Waals surface area contributed by atoms with Crippen LogP contribution in [-0.2, 0) is 11.2 Å². The number of nitrogens with zero attached hydrogens (tertiary/aromatic N) is 3. The summed E-state index contributed by atoms with van der Waals surface area (Å²) in [7, 11) is 0. The smallest absolute Gasteiger partial charge is 0.217 e. The summed E-state index contributed by atoms with van der Waals surface area (Å²) in [6.07, 6.45) is 3.33. The van der Waals surface area contributed by atoms with Gasteiger partial charge in [-0.3, -0.25) is 4.79 Å². The number of amides is 1. The Bertz CT molecular complexity index is 813. The topological polar surface area (TPSA) is 70.2 Å². The maximum atomic E-state index is 11.2. The summed E-state index contributed by atoms with van der Waals surface area (Å²) >= 11 is 6.20. The van der Waals surface area contributed by atoms with Gasteiger partial charge < -0.3 is 15.5 Å². The summed E-state index contributed by atoms with van der Waals surface area (Å²) in [5.41, 5.74) is 3.06. The lowest BCUT2D eigenvalue weighted by molar-refractivity contribution is -0.119. The van der Waals surface area contributed by atoms with Crippen LogP contribution in [0.5, 0.6) is 0 Å². The zero-order chi connectivity index (χ0) is 19.4. The van der Waals surface area contributed by atoms with Gasteiger partial charge >= 0.3 is 0 Å². The Morgan fingerprint density at radius 2 is 2.19 bits per heavy atom. The molecular formula is C20H26ClN5O. The van der Waals surface area contributed by atoms with Crippen LogP contribution in [0.4, 0.5) is 11.5 Å². The summed E-state index contributed by atoms with van der Waals surface area (Å²) in [6, 6.07) is 8.43. The summed E-state index contributed by atoms with van der Waals surface area (Å²) in [6.45, 7) is 7.34. The maximum absolute atomic E-state index is 11.2. The first-order valence-electron chi connectivity index (χ1n) is 9.26. The van der Waals surface area contributed by atoms with Crippen LogP contribution < -0.4 is 15.5 Å². The van der Waals surface area contributed by atoms with Gasteiger partial charge in [-0.2, -0.15) is 0 Å². The van der Waals surface area contributed by atoms with E-state index in [1.807, 2.05) is 31.2 Å². The SMILES string of the molecule is CC(=O)NC1CCN(c2cc(CC(C)Nc3ccc(C)c(Cl)c3)ncn2)C1. The fourth-order valence-corrected chi connectivity index (χ4v) is 3.56. The van der Waals surface area contributed by atoms with Crippen molar-refractivity contribution in [2.45, 2.75) is 45.7 Å². The lowest BCUT2D eigenvalue weighted by Crippen LogP contribution is -2.35. The molecule has 3 rings (SSSR count). The number of hydrogen-bond donors (Lipinski definition) is 2. The number of benzene rings is 1. The third-order valence-corrected chi connectivity index (χ3v) is 5.14. The highest BCUT2D eigenvalue weighted by atomic mass is 35.5. The van der Waals surface area contributed by atoms with E-state index < -0.39 is 0 Å². The highest BCUT2D eigenvalue weighted by molar-refractivity contribution is 6.31. The van der Waals surface area contributed by atoms with Crippen molar-refractivity contribution in [1.82, 2.24) is 15.3 Å². The van der Waals surface area contributed by atoms with Crippen molar-refractivity contribution in [3.63, 3.8) is 0 Å². The van der Waals surface area contributed by atoms with Crippen LogP contribution in [-0.4, -0.2) is 41.0 Å². The number of aromatic nitrogens is 2. The Hall–Kier alpha value is -2.34. The number of nitrogens with one attached hydrogen (secondary N) is 2. The molecule has 0 bridgehead atoms. The number of rotatable bonds is 6. The van der Waals surface area contributed by atoms with E-state index in [1.165, 1.54) is 0 Å². The van der Waals surface area contributed by atoms with Crippen molar-refractivity contribution < 1.29 is 4.79 Å². The van der Waals surface area contributed by atoms with Crippen LogP contribution in [0.25, 0.3) is 0 Å². The van der Waals surface area contributed by atoms with E-state index in [9.17, 15) is 4.79 Å². The lowest BCUT2D eigenvalue weighted by Gasteiger charge is -2.19. The summed E-state index contributed by atoms with van der Waals surface area (Å²) in [4.78, 5) is 22.3. The molecule has 2 unspecified atom stereocenters. The first-order valence-corrected chi connectivity index (χ1v) is 9.64. The standard InChI is InChI=1S/C20H26ClN5O/c1-13-4-5-16(9-19(13)21)24-14(2)8-18-10-20(23-12-22-18)26-7-6-17(11-26)25-15(3)27/h4-5,9-10,12,14,17,24H,6-8,11H2,1-3H3,(H,25,27). The molecule has 1 saturated heterocycles.